The molecule has 1 aliphatic heterocycles. The highest BCUT2D eigenvalue weighted by Gasteiger charge is 2.34. The second-order valence-corrected chi connectivity index (χ2v) is 6.52. The van der Waals surface area contributed by atoms with E-state index in [1.54, 1.807) is 6.92 Å². The predicted molar refractivity (Wildman–Crippen MR) is 86.2 cm³/mol. The van der Waals surface area contributed by atoms with Crippen LogP contribution in [0.2, 0.25) is 0 Å². The molecule has 2 N–H and O–H groups in total. The van der Waals surface area contributed by atoms with Crippen LogP contribution in [0.3, 0.4) is 0 Å². The summed E-state index contributed by atoms with van der Waals surface area (Å²) in [7, 11) is 2.15. The van der Waals surface area contributed by atoms with Crippen molar-refractivity contribution in [2.45, 2.75) is 64.6 Å². The van der Waals surface area contributed by atoms with Gasteiger partial charge >= 0.3 is 5.97 Å². The monoisotopic (exact) mass is 299 g/mol. The zero-order valence-electron chi connectivity index (χ0n) is 14.4. The highest BCUT2D eigenvalue weighted by molar-refractivity contribution is 5.80. The van der Waals surface area contributed by atoms with Crippen molar-refractivity contribution in [2.75, 3.05) is 33.3 Å². The van der Waals surface area contributed by atoms with E-state index in [0.29, 0.717) is 19.1 Å². The Hall–Kier alpha value is -0.650. The third-order valence-electron chi connectivity index (χ3n) is 4.74. The average Bonchev–Trinajstić information content (AvgIpc) is 2.46. The lowest BCUT2D eigenvalue weighted by Crippen LogP contribution is -2.53. The Morgan fingerprint density at radius 1 is 1.43 bits per heavy atom. The topological polar surface area (TPSA) is 58.8 Å². The van der Waals surface area contributed by atoms with E-state index in [1.807, 2.05) is 6.92 Å². The van der Waals surface area contributed by atoms with E-state index >= 15 is 0 Å². The van der Waals surface area contributed by atoms with Gasteiger partial charge in [-0.05, 0) is 66.7 Å². The van der Waals surface area contributed by atoms with Gasteiger partial charge in [0.15, 0.2) is 0 Å². The second kappa shape index (κ2) is 8.11. The molecule has 0 bridgehead atoms. The largest absolute Gasteiger partial charge is 0.465 e. The first-order chi connectivity index (χ1) is 9.81. The second-order valence-electron chi connectivity index (χ2n) is 6.52. The first kappa shape index (κ1) is 18.4. The smallest absolute Gasteiger partial charge is 0.325 e. The van der Waals surface area contributed by atoms with Crippen LogP contribution in [0.4, 0.5) is 0 Å². The molecule has 0 saturated carbocycles. The molecule has 0 aliphatic carbocycles. The molecule has 0 aromatic carbocycles. The lowest BCUT2D eigenvalue weighted by molar-refractivity contribution is -0.149. The molecule has 1 fully saturated rings. The van der Waals surface area contributed by atoms with Crippen LogP contribution in [-0.2, 0) is 9.53 Å². The number of carbonyl (C=O) groups excluding carboxylic acids is 1. The van der Waals surface area contributed by atoms with Crippen molar-refractivity contribution in [2.24, 2.45) is 5.73 Å². The van der Waals surface area contributed by atoms with Crippen molar-refractivity contribution in [3.63, 3.8) is 0 Å². The van der Waals surface area contributed by atoms with Crippen molar-refractivity contribution in [3.05, 3.63) is 0 Å². The van der Waals surface area contributed by atoms with Gasteiger partial charge < -0.3 is 20.3 Å². The predicted octanol–water partition coefficient (Wildman–Crippen LogP) is 1.46. The van der Waals surface area contributed by atoms with Gasteiger partial charge in [0, 0.05) is 12.1 Å². The van der Waals surface area contributed by atoms with Crippen LogP contribution in [0.15, 0.2) is 0 Å². The van der Waals surface area contributed by atoms with Gasteiger partial charge in [-0.3, -0.25) is 4.79 Å². The van der Waals surface area contributed by atoms with Crippen molar-refractivity contribution in [1.29, 1.82) is 0 Å². The third-order valence-corrected chi connectivity index (χ3v) is 4.74. The molecule has 2 atom stereocenters. The molecular weight excluding hydrogens is 266 g/mol. The minimum absolute atomic E-state index is 0.266. The molecule has 0 aromatic rings. The summed E-state index contributed by atoms with van der Waals surface area (Å²) in [6, 6.07) is 0.850. The number of nitrogens with zero attached hydrogens (tertiary/aromatic N) is 2. The molecule has 1 heterocycles. The molecule has 2 unspecified atom stereocenters. The normalized spacial score (nSPS) is 22.0. The maximum Gasteiger partial charge on any atom is 0.325 e. The summed E-state index contributed by atoms with van der Waals surface area (Å²) >= 11 is 0. The maximum absolute atomic E-state index is 11.9. The molecule has 0 amide bonds. The average molecular weight is 299 g/mol. The molecule has 0 radical (unpaired) electrons. The summed E-state index contributed by atoms with van der Waals surface area (Å²) in [5.74, 6) is -0.300. The van der Waals surface area contributed by atoms with E-state index in [9.17, 15) is 4.79 Å². The van der Waals surface area contributed by atoms with E-state index in [1.165, 1.54) is 12.8 Å². The number of piperidine rings is 1. The standard InChI is InChI=1S/C16H33N3O2/c1-6-19-10-8-14(9-11-19)18(5)13(3)12-16(4,17)15(20)21-7-2/h13-14H,6-12,17H2,1-5H3. The number of nitrogens with two attached hydrogens (primary N) is 1. The van der Waals surface area contributed by atoms with Crippen molar-refractivity contribution in [3.8, 4) is 0 Å². The molecule has 124 valence electrons. The minimum Gasteiger partial charge on any atom is -0.465 e. The number of ether oxygens (including phenoxy) is 1. The highest BCUT2D eigenvalue weighted by Crippen LogP contribution is 2.21. The van der Waals surface area contributed by atoms with Crippen molar-refractivity contribution >= 4 is 5.97 Å². The van der Waals surface area contributed by atoms with E-state index in [-0.39, 0.29) is 12.0 Å². The van der Waals surface area contributed by atoms with Gasteiger partial charge in [-0.2, -0.15) is 0 Å². The fraction of sp³-hybridized carbons (Fsp3) is 0.938. The first-order valence-electron chi connectivity index (χ1n) is 8.22. The van der Waals surface area contributed by atoms with Crippen LogP contribution in [0.5, 0.6) is 0 Å². The first-order valence-corrected chi connectivity index (χ1v) is 8.22. The Balaban J connectivity index is 2.50. The Labute approximate surface area is 129 Å². The SMILES string of the molecule is CCOC(=O)C(C)(N)CC(C)N(C)C1CCN(CC)CC1. The summed E-state index contributed by atoms with van der Waals surface area (Å²) in [6.07, 6.45) is 3.00. The van der Waals surface area contributed by atoms with Crippen molar-refractivity contribution in [1.82, 2.24) is 9.80 Å². The third kappa shape index (κ3) is 5.24. The van der Waals surface area contributed by atoms with Crippen LogP contribution >= 0.6 is 0 Å². The molecule has 5 heteroatoms. The molecule has 1 saturated heterocycles. The fourth-order valence-electron chi connectivity index (χ4n) is 3.14. The van der Waals surface area contributed by atoms with Crippen LogP contribution < -0.4 is 5.73 Å². The number of likely N-dealkylation sites (tertiary alicyclic amines) is 1. The number of rotatable bonds is 7. The molecule has 0 aromatic heterocycles. The lowest BCUT2D eigenvalue weighted by atomic mass is 9.92. The zero-order valence-corrected chi connectivity index (χ0v) is 14.4. The Morgan fingerprint density at radius 2 is 2.00 bits per heavy atom. The summed E-state index contributed by atoms with van der Waals surface area (Å²) in [6.45, 7) is 11.8. The number of esters is 1. The fourth-order valence-corrected chi connectivity index (χ4v) is 3.14. The maximum atomic E-state index is 11.9. The summed E-state index contributed by atoms with van der Waals surface area (Å²) in [5, 5.41) is 0. The van der Waals surface area contributed by atoms with E-state index in [4.69, 9.17) is 10.5 Å². The van der Waals surface area contributed by atoms with Gasteiger partial charge in [-0.15, -0.1) is 0 Å². The van der Waals surface area contributed by atoms with Gasteiger partial charge in [0.1, 0.15) is 5.54 Å². The summed E-state index contributed by atoms with van der Waals surface area (Å²) in [4.78, 5) is 16.8. The zero-order chi connectivity index (χ0) is 16.0. The Kier molecular flexibility index (Phi) is 7.10. The molecule has 1 rings (SSSR count). The number of hydrogen-bond donors (Lipinski definition) is 1. The minimum atomic E-state index is -0.909. The molecule has 21 heavy (non-hydrogen) atoms. The quantitative estimate of drug-likeness (QED) is 0.721. The lowest BCUT2D eigenvalue weighted by Gasteiger charge is -2.40. The Bertz CT molecular complexity index is 325. The van der Waals surface area contributed by atoms with Crippen LogP contribution in [0.1, 0.15) is 47.0 Å². The van der Waals surface area contributed by atoms with Crippen LogP contribution in [0.25, 0.3) is 0 Å². The van der Waals surface area contributed by atoms with Gasteiger partial charge in [-0.25, -0.2) is 0 Å². The number of carbonyl (C=O) groups is 1. The van der Waals surface area contributed by atoms with Crippen molar-refractivity contribution < 1.29 is 9.53 Å². The molecule has 5 nitrogen and oxygen atoms in total. The van der Waals surface area contributed by atoms with E-state index in [0.717, 1.165) is 19.6 Å². The van der Waals surface area contributed by atoms with Gasteiger partial charge in [0.05, 0.1) is 6.61 Å². The summed E-state index contributed by atoms with van der Waals surface area (Å²) in [5.41, 5.74) is 5.24. The van der Waals surface area contributed by atoms with Crippen LogP contribution in [0, 0.1) is 0 Å². The highest BCUT2D eigenvalue weighted by atomic mass is 16.5. The van der Waals surface area contributed by atoms with Crippen LogP contribution in [-0.4, -0.2) is 66.7 Å². The van der Waals surface area contributed by atoms with Gasteiger partial charge in [0.25, 0.3) is 0 Å². The van der Waals surface area contributed by atoms with E-state index < -0.39 is 5.54 Å². The molecule has 1 aliphatic rings. The van der Waals surface area contributed by atoms with Gasteiger partial charge in [0.2, 0.25) is 0 Å². The Morgan fingerprint density at radius 3 is 2.48 bits per heavy atom. The molecule has 0 spiro atoms. The number of hydrogen-bond acceptors (Lipinski definition) is 5. The molecular formula is C16H33N3O2. The summed E-state index contributed by atoms with van der Waals surface area (Å²) < 4.78 is 5.07. The van der Waals surface area contributed by atoms with E-state index in [2.05, 4.69) is 30.7 Å². The van der Waals surface area contributed by atoms with Gasteiger partial charge in [-0.1, -0.05) is 6.92 Å².